The molecule has 1 rings (SSSR count). The van der Waals surface area contributed by atoms with Gasteiger partial charge in [-0.1, -0.05) is 43.7 Å². The quantitative estimate of drug-likeness (QED) is 0.749. The standard InChI is InChI=1S/C14H17F3O2/c1-3-7-12(14(15,16)17)13(18)19-10(2)11-8-5-4-6-9-11/h4-6,8-10,12H,3,7H2,1-2H3. The van der Waals surface area contributed by atoms with Gasteiger partial charge >= 0.3 is 12.1 Å². The van der Waals surface area contributed by atoms with E-state index in [1.54, 1.807) is 44.2 Å². The highest BCUT2D eigenvalue weighted by Crippen LogP contribution is 2.32. The number of benzene rings is 1. The summed E-state index contributed by atoms with van der Waals surface area (Å²) in [5.74, 6) is -3.24. The summed E-state index contributed by atoms with van der Waals surface area (Å²) in [4.78, 5) is 11.6. The van der Waals surface area contributed by atoms with Gasteiger partial charge in [-0.25, -0.2) is 0 Å². The Morgan fingerprint density at radius 3 is 2.32 bits per heavy atom. The maximum Gasteiger partial charge on any atom is 0.402 e. The maximum atomic E-state index is 12.7. The second kappa shape index (κ2) is 6.59. The Hall–Kier alpha value is -1.52. The molecule has 2 nitrogen and oxygen atoms in total. The fourth-order valence-corrected chi connectivity index (χ4v) is 1.75. The zero-order chi connectivity index (χ0) is 14.5. The molecular formula is C14H17F3O2. The van der Waals surface area contributed by atoms with E-state index in [2.05, 4.69) is 0 Å². The Morgan fingerprint density at radius 2 is 1.84 bits per heavy atom. The van der Waals surface area contributed by atoms with Crippen molar-refractivity contribution >= 4 is 5.97 Å². The van der Waals surface area contributed by atoms with E-state index in [1.807, 2.05) is 0 Å². The lowest BCUT2D eigenvalue weighted by Crippen LogP contribution is -2.32. The zero-order valence-corrected chi connectivity index (χ0v) is 10.9. The molecule has 5 heteroatoms. The highest BCUT2D eigenvalue weighted by atomic mass is 19.4. The molecule has 0 aliphatic carbocycles. The molecule has 0 aliphatic rings. The van der Waals surface area contributed by atoms with Crippen molar-refractivity contribution in [3.05, 3.63) is 35.9 Å². The summed E-state index contributed by atoms with van der Waals surface area (Å²) < 4.78 is 43.0. The van der Waals surface area contributed by atoms with Crippen molar-refractivity contribution < 1.29 is 22.7 Å². The van der Waals surface area contributed by atoms with E-state index < -0.39 is 24.2 Å². The summed E-state index contributed by atoms with van der Waals surface area (Å²) in [6.45, 7) is 3.17. The summed E-state index contributed by atoms with van der Waals surface area (Å²) >= 11 is 0. The topological polar surface area (TPSA) is 26.3 Å². The van der Waals surface area contributed by atoms with Crippen LogP contribution in [-0.2, 0) is 9.53 Å². The van der Waals surface area contributed by atoms with E-state index in [9.17, 15) is 18.0 Å². The fraction of sp³-hybridized carbons (Fsp3) is 0.500. The van der Waals surface area contributed by atoms with Crippen molar-refractivity contribution in [2.75, 3.05) is 0 Å². The van der Waals surface area contributed by atoms with Crippen LogP contribution in [0.3, 0.4) is 0 Å². The Balaban J connectivity index is 2.72. The second-order valence-electron chi connectivity index (χ2n) is 4.37. The van der Waals surface area contributed by atoms with Crippen LogP contribution in [0, 0.1) is 5.92 Å². The Morgan fingerprint density at radius 1 is 1.26 bits per heavy atom. The van der Waals surface area contributed by atoms with Gasteiger partial charge in [0, 0.05) is 0 Å². The first-order valence-corrected chi connectivity index (χ1v) is 6.18. The SMILES string of the molecule is CCCC(C(=O)OC(C)c1ccccc1)C(F)(F)F. The van der Waals surface area contributed by atoms with Gasteiger partial charge in [-0.15, -0.1) is 0 Å². The third-order valence-corrected chi connectivity index (χ3v) is 2.82. The van der Waals surface area contributed by atoms with Crippen molar-refractivity contribution in [1.82, 2.24) is 0 Å². The number of ether oxygens (including phenoxy) is 1. The van der Waals surface area contributed by atoms with Crippen LogP contribution >= 0.6 is 0 Å². The average Bonchev–Trinajstić information content (AvgIpc) is 2.35. The molecule has 0 radical (unpaired) electrons. The summed E-state index contributed by atoms with van der Waals surface area (Å²) in [7, 11) is 0. The van der Waals surface area contributed by atoms with Crippen LogP contribution in [0.15, 0.2) is 30.3 Å². The third kappa shape index (κ3) is 4.58. The first-order valence-electron chi connectivity index (χ1n) is 6.18. The van der Waals surface area contributed by atoms with Crippen LogP contribution in [-0.4, -0.2) is 12.1 Å². The van der Waals surface area contributed by atoms with Gasteiger partial charge in [0.25, 0.3) is 0 Å². The van der Waals surface area contributed by atoms with E-state index in [1.165, 1.54) is 0 Å². The van der Waals surface area contributed by atoms with Crippen LogP contribution in [0.2, 0.25) is 0 Å². The number of carbonyl (C=O) groups is 1. The van der Waals surface area contributed by atoms with E-state index >= 15 is 0 Å². The van der Waals surface area contributed by atoms with Gasteiger partial charge in [0.2, 0.25) is 0 Å². The number of alkyl halides is 3. The molecule has 106 valence electrons. The Labute approximate surface area is 110 Å². The van der Waals surface area contributed by atoms with Crippen LogP contribution in [0.5, 0.6) is 0 Å². The molecule has 0 fully saturated rings. The highest BCUT2D eigenvalue weighted by Gasteiger charge is 2.45. The first kappa shape index (κ1) is 15.5. The molecule has 1 aromatic rings. The zero-order valence-electron chi connectivity index (χ0n) is 10.9. The van der Waals surface area contributed by atoms with Crippen molar-refractivity contribution in [2.45, 2.75) is 39.0 Å². The number of esters is 1. The number of rotatable bonds is 5. The predicted octanol–water partition coefficient (Wildman–Crippen LogP) is 4.27. The molecule has 0 saturated carbocycles. The number of halogens is 3. The van der Waals surface area contributed by atoms with E-state index in [-0.39, 0.29) is 12.8 Å². The molecule has 0 saturated heterocycles. The summed E-state index contributed by atoms with van der Waals surface area (Å²) in [6.07, 6.45) is -5.21. The van der Waals surface area contributed by atoms with Crippen LogP contribution in [0.1, 0.15) is 38.4 Å². The molecule has 0 amide bonds. The second-order valence-corrected chi connectivity index (χ2v) is 4.37. The van der Waals surface area contributed by atoms with E-state index in [4.69, 9.17) is 4.74 Å². The summed E-state index contributed by atoms with van der Waals surface area (Å²) in [6, 6.07) is 8.69. The van der Waals surface area contributed by atoms with Gasteiger partial charge in [0.1, 0.15) is 6.10 Å². The van der Waals surface area contributed by atoms with Crippen molar-refractivity contribution in [1.29, 1.82) is 0 Å². The van der Waals surface area contributed by atoms with Gasteiger partial charge in [-0.3, -0.25) is 4.79 Å². The van der Waals surface area contributed by atoms with Crippen molar-refractivity contribution in [2.24, 2.45) is 5.92 Å². The van der Waals surface area contributed by atoms with Gasteiger partial charge < -0.3 is 4.74 Å². The molecule has 0 aliphatic heterocycles. The fourth-order valence-electron chi connectivity index (χ4n) is 1.75. The minimum absolute atomic E-state index is 0.246. The summed E-state index contributed by atoms with van der Waals surface area (Å²) in [5.41, 5.74) is 0.674. The molecule has 2 unspecified atom stereocenters. The number of hydrogen-bond acceptors (Lipinski definition) is 2. The lowest BCUT2D eigenvalue weighted by Gasteiger charge is -2.21. The average molecular weight is 274 g/mol. The van der Waals surface area contributed by atoms with Crippen molar-refractivity contribution in [3.63, 3.8) is 0 Å². The van der Waals surface area contributed by atoms with Crippen LogP contribution in [0.4, 0.5) is 13.2 Å². The van der Waals surface area contributed by atoms with Crippen LogP contribution in [0.25, 0.3) is 0 Å². The summed E-state index contributed by atoms with van der Waals surface area (Å²) in [5, 5.41) is 0. The highest BCUT2D eigenvalue weighted by molar-refractivity contribution is 5.73. The van der Waals surface area contributed by atoms with Gasteiger partial charge in [-0.05, 0) is 18.9 Å². The number of carbonyl (C=O) groups excluding carboxylic acids is 1. The first-order chi connectivity index (χ1) is 8.86. The Kier molecular flexibility index (Phi) is 5.39. The van der Waals surface area contributed by atoms with E-state index in [0.717, 1.165) is 0 Å². The minimum atomic E-state index is -4.55. The molecule has 0 spiro atoms. The number of hydrogen-bond donors (Lipinski definition) is 0. The molecule has 2 atom stereocenters. The van der Waals surface area contributed by atoms with Gasteiger partial charge in [0.05, 0.1) is 0 Å². The Bertz CT molecular complexity index is 401. The maximum absolute atomic E-state index is 12.7. The molecule has 0 bridgehead atoms. The van der Waals surface area contributed by atoms with Crippen molar-refractivity contribution in [3.8, 4) is 0 Å². The molecule has 0 N–H and O–H groups in total. The van der Waals surface area contributed by atoms with Crippen LogP contribution < -0.4 is 0 Å². The smallest absolute Gasteiger partial charge is 0.402 e. The van der Waals surface area contributed by atoms with E-state index in [0.29, 0.717) is 5.56 Å². The predicted molar refractivity (Wildman–Crippen MR) is 65.4 cm³/mol. The lowest BCUT2D eigenvalue weighted by atomic mass is 10.0. The molecule has 0 heterocycles. The third-order valence-electron chi connectivity index (χ3n) is 2.82. The van der Waals surface area contributed by atoms with Gasteiger partial charge in [0.15, 0.2) is 5.92 Å². The minimum Gasteiger partial charge on any atom is -0.457 e. The molecule has 0 aromatic heterocycles. The lowest BCUT2D eigenvalue weighted by molar-refractivity contribution is -0.201. The molecular weight excluding hydrogens is 257 g/mol. The normalized spacial score (nSPS) is 14.8. The largest absolute Gasteiger partial charge is 0.457 e. The molecule has 19 heavy (non-hydrogen) atoms. The van der Waals surface area contributed by atoms with Gasteiger partial charge in [-0.2, -0.15) is 13.2 Å². The monoisotopic (exact) mass is 274 g/mol. The molecule has 1 aromatic carbocycles.